The molecule has 136 valence electrons. The van der Waals surface area contributed by atoms with Gasteiger partial charge in [-0.05, 0) is 24.1 Å². The summed E-state index contributed by atoms with van der Waals surface area (Å²) in [6.07, 6.45) is 1.16. The largest absolute Gasteiger partial charge is 0.482 e. The minimum absolute atomic E-state index is 0.200. The lowest BCUT2D eigenvalue weighted by Gasteiger charge is -2.22. The molecular formula is C15H22Cl2N2O4S. The van der Waals surface area contributed by atoms with Crippen LogP contribution in [0.4, 0.5) is 0 Å². The maximum atomic E-state index is 11.8. The number of halogens is 2. The molecule has 9 heteroatoms. The Morgan fingerprint density at radius 3 is 2.54 bits per heavy atom. The second-order valence-electron chi connectivity index (χ2n) is 5.73. The molecule has 0 bridgehead atoms. The molecule has 0 aliphatic rings. The Labute approximate surface area is 153 Å². The Bertz CT molecular complexity index is 665. The predicted molar refractivity (Wildman–Crippen MR) is 96.2 cm³/mol. The van der Waals surface area contributed by atoms with Crippen LogP contribution in [0, 0.1) is 5.92 Å². The van der Waals surface area contributed by atoms with Crippen molar-refractivity contribution in [2.75, 3.05) is 32.5 Å². The standard InChI is InChI=1S/C15H22Cl2N2O4S/c1-11(2)9-19(24(3,21)22)7-6-18-15(20)10-23-14-5-4-12(16)8-13(14)17/h4-5,8,11H,6-7,9-10H2,1-3H3,(H,18,20). The van der Waals surface area contributed by atoms with Crippen LogP contribution in [0.15, 0.2) is 18.2 Å². The van der Waals surface area contributed by atoms with Crippen LogP contribution in [-0.2, 0) is 14.8 Å². The van der Waals surface area contributed by atoms with Gasteiger partial charge in [0.1, 0.15) is 5.75 Å². The van der Waals surface area contributed by atoms with Crippen molar-refractivity contribution in [2.24, 2.45) is 5.92 Å². The van der Waals surface area contributed by atoms with Crippen LogP contribution < -0.4 is 10.1 Å². The Morgan fingerprint density at radius 2 is 2.00 bits per heavy atom. The molecule has 0 aromatic heterocycles. The van der Waals surface area contributed by atoms with Gasteiger partial charge in [-0.15, -0.1) is 0 Å². The first-order valence-electron chi connectivity index (χ1n) is 7.39. The number of hydrogen-bond acceptors (Lipinski definition) is 4. The molecule has 0 radical (unpaired) electrons. The zero-order valence-corrected chi connectivity index (χ0v) is 16.2. The quantitative estimate of drug-likeness (QED) is 0.695. The first-order valence-corrected chi connectivity index (χ1v) is 9.99. The van der Waals surface area contributed by atoms with Crippen LogP contribution in [0.25, 0.3) is 0 Å². The van der Waals surface area contributed by atoms with Crippen molar-refractivity contribution in [1.82, 2.24) is 9.62 Å². The highest BCUT2D eigenvalue weighted by molar-refractivity contribution is 7.88. The highest BCUT2D eigenvalue weighted by Crippen LogP contribution is 2.27. The fourth-order valence-corrected chi connectivity index (χ4v) is 3.36. The Kier molecular flexibility index (Phi) is 8.29. The van der Waals surface area contributed by atoms with Crippen LogP contribution in [0.2, 0.25) is 10.0 Å². The van der Waals surface area contributed by atoms with E-state index in [2.05, 4.69) is 5.32 Å². The van der Waals surface area contributed by atoms with E-state index in [4.69, 9.17) is 27.9 Å². The molecule has 0 saturated heterocycles. The van der Waals surface area contributed by atoms with Crippen molar-refractivity contribution in [3.05, 3.63) is 28.2 Å². The molecule has 0 aliphatic carbocycles. The van der Waals surface area contributed by atoms with Crippen LogP contribution in [0.3, 0.4) is 0 Å². The first kappa shape index (κ1) is 21.0. The molecule has 0 heterocycles. The molecule has 0 atom stereocenters. The minimum atomic E-state index is -3.30. The molecule has 0 fully saturated rings. The van der Waals surface area contributed by atoms with Gasteiger partial charge < -0.3 is 10.1 Å². The van der Waals surface area contributed by atoms with Gasteiger partial charge in [0.15, 0.2) is 6.61 Å². The van der Waals surface area contributed by atoms with E-state index in [1.165, 1.54) is 10.4 Å². The molecule has 0 aliphatic heterocycles. The maximum absolute atomic E-state index is 11.8. The number of hydrogen-bond donors (Lipinski definition) is 1. The van der Waals surface area contributed by atoms with Crippen LogP contribution in [0.5, 0.6) is 5.75 Å². The summed E-state index contributed by atoms with van der Waals surface area (Å²) >= 11 is 11.7. The molecular weight excluding hydrogens is 375 g/mol. The second-order valence-corrected chi connectivity index (χ2v) is 8.55. The van der Waals surface area contributed by atoms with Gasteiger partial charge in [-0.25, -0.2) is 12.7 Å². The van der Waals surface area contributed by atoms with Gasteiger partial charge in [-0.3, -0.25) is 4.79 Å². The van der Waals surface area contributed by atoms with Crippen LogP contribution in [-0.4, -0.2) is 51.1 Å². The number of ether oxygens (including phenoxy) is 1. The van der Waals surface area contributed by atoms with Gasteiger partial charge in [0.05, 0.1) is 11.3 Å². The monoisotopic (exact) mass is 396 g/mol. The molecule has 0 unspecified atom stereocenters. The molecule has 1 amide bonds. The number of sulfonamides is 1. The summed E-state index contributed by atoms with van der Waals surface area (Å²) in [4.78, 5) is 11.8. The third kappa shape index (κ3) is 7.70. The fraction of sp³-hybridized carbons (Fsp3) is 0.533. The summed E-state index contributed by atoms with van der Waals surface area (Å²) in [6.45, 7) is 4.47. The van der Waals surface area contributed by atoms with Crippen molar-refractivity contribution in [3.63, 3.8) is 0 Å². The van der Waals surface area contributed by atoms with E-state index >= 15 is 0 Å². The van der Waals surface area contributed by atoms with Gasteiger partial charge in [-0.2, -0.15) is 0 Å². The Hall–Kier alpha value is -1.02. The van der Waals surface area contributed by atoms with Crippen molar-refractivity contribution >= 4 is 39.1 Å². The summed E-state index contributed by atoms with van der Waals surface area (Å²) in [7, 11) is -3.30. The number of benzene rings is 1. The lowest BCUT2D eigenvalue weighted by molar-refractivity contribution is -0.123. The highest BCUT2D eigenvalue weighted by Gasteiger charge is 2.17. The zero-order chi connectivity index (χ0) is 18.3. The molecule has 0 saturated carbocycles. The van der Waals surface area contributed by atoms with E-state index in [-0.39, 0.29) is 31.5 Å². The van der Waals surface area contributed by atoms with Crippen LogP contribution >= 0.6 is 23.2 Å². The molecule has 24 heavy (non-hydrogen) atoms. The Morgan fingerprint density at radius 1 is 1.33 bits per heavy atom. The van der Waals surface area contributed by atoms with Gasteiger partial charge in [-0.1, -0.05) is 37.0 Å². The molecule has 1 N–H and O–H groups in total. The SMILES string of the molecule is CC(C)CN(CCNC(=O)COc1ccc(Cl)cc1Cl)S(C)(=O)=O. The predicted octanol–water partition coefficient (Wildman–Crippen LogP) is 2.41. The number of amides is 1. The number of nitrogens with one attached hydrogen (secondary N) is 1. The summed E-state index contributed by atoms with van der Waals surface area (Å²) in [5.74, 6) is 0.193. The minimum Gasteiger partial charge on any atom is -0.482 e. The topological polar surface area (TPSA) is 75.7 Å². The van der Waals surface area contributed by atoms with Crippen molar-refractivity contribution < 1.29 is 17.9 Å². The summed E-state index contributed by atoms with van der Waals surface area (Å²) in [5.41, 5.74) is 0. The average molecular weight is 397 g/mol. The summed E-state index contributed by atoms with van der Waals surface area (Å²) < 4.78 is 30.0. The molecule has 0 spiro atoms. The molecule has 1 rings (SSSR count). The zero-order valence-electron chi connectivity index (χ0n) is 13.9. The molecule has 1 aromatic rings. The van der Waals surface area contributed by atoms with Gasteiger partial charge in [0.2, 0.25) is 10.0 Å². The lowest BCUT2D eigenvalue weighted by Crippen LogP contribution is -2.40. The third-order valence-electron chi connectivity index (χ3n) is 2.97. The van der Waals surface area contributed by atoms with Crippen molar-refractivity contribution in [1.29, 1.82) is 0 Å². The van der Waals surface area contributed by atoms with E-state index < -0.39 is 10.0 Å². The van der Waals surface area contributed by atoms with Crippen LogP contribution in [0.1, 0.15) is 13.8 Å². The van der Waals surface area contributed by atoms with E-state index in [0.29, 0.717) is 22.3 Å². The number of rotatable bonds is 9. The summed E-state index contributed by atoms with van der Waals surface area (Å²) in [6, 6.07) is 4.70. The fourth-order valence-electron chi connectivity index (χ4n) is 1.91. The second kappa shape index (κ2) is 9.46. The van der Waals surface area contributed by atoms with Gasteiger partial charge in [0, 0.05) is 24.7 Å². The smallest absolute Gasteiger partial charge is 0.257 e. The van der Waals surface area contributed by atoms with Gasteiger partial charge >= 0.3 is 0 Å². The van der Waals surface area contributed by atoms with Gasteiger partial charge in [0.25, 0.3) is 5.91 Å². The normalized spacial score (nSPS) is 11.8. The summed E-state index contributed by atoms with van der Waals surface area (Å²) in [5, 5.41) is 3.41. The van der Waals surface area contributed by atoms with E-state index in [1.54, 1.807) is 12.1 Å². The number of carbonyl (C=O) groups is 1. The average Bonchev–Trinajstić information content (AvgIpc) is 2.44. The molecule has 6 nitrogen and oxygen atoms in total. The van der Waals surface area contributed by atoms with E-state index in [1.807, 2.05) is 13.8 Å². The van der Waals surface area contributed by atoms with Crippen molar-refractivity contribution in [3.8, 4) is 5.75 Å². The number of carbonyl (C=O) groups excluding carboxylic acids is 1. The lowest BCUT2D eigenvalue weighted by atomic mass is 10.2. The Balaban J connectivity index is 2.42. The molecule has 1 aromatic carbocycles. The number of nitrogens with zero attached hydrogens (tertiary/aromatic N) is 1. The van der Waals surface area contributed by atoms with E-state index in [0.717, 1.165) is 6.26 Å². The van der Waals surface area contributed by atoms with E-state index in [9.17, 15) is 13.2 Å². The maximum Gasteiger partial charge on any atom is 0.257 e. The third-order valence-corrected chi connectivity index (χ3v) is 4.77. The first-order chi connectivity index (χ1) is 11.1. The van der Waals surface area contributed by atoms with Crippen molar-refractivity contribution in [2.45, 2.75) is 13.8 Å². The highest BCUT2D eigenvalue weighted by atomic mass is 35.5.